The van der Waals surface area contributed by atoms with E-state index in [1.54, 1.807) is 36.4 Å². The topological polar surface area (TPSA) is 75.6 Å². The van der Waals surface area contributed by atoms with Crippen LogP contribution in [0.25, 0.3) is 0 Å². The fourth-order valence-corrected chi connectivity index (χ4v) is 2.85. The van der Waals surface area contributed by atoms with Crippen LogP contribution in [0.2, 0.25) is 0 Å². The largest absolute Gasteiger partial charge is 0.494 e. The molecular formula is C15H17NO4S. The lowest BCUT2D eigenvalue weighted by molar-refractivity contribution is 0.282. The molecule has 0 amide bonds. The third-order valence-corrected chi connectivity index (χ3v) is 4.21. The maximum atomic E-state index is 12.3. The van der Waals surface area contributed by atoms with Crippen LogP contribution in [-0.2, 0) is 16.6 Å². The fraction of sp³-hybridized carbons (Fsp3) is 0.200. The second-order valence-electron chi connectivity index (χ2n) is 4.37. The lowest BCUT2D eigenvalue weighted by Crippen LogP contribution is -2.13. The van der Waals surface area contributed by atoms with Crippen molar-refractivity contribution in [2.45, 2.75) is 18.4 Å². The molecule has 5 nitrogen and oxygen atoms in total. The summed E-state index contributed by atoms with van der Waals surface area (Å²) in [6.45, 7) is 2.25. The van der Waals surface area contributed by atoms with Crippen molar-refractivity contribution >= 4 is 15.7 Å². The number of aliphatic hydroxyl groups is 1. The summed E-state index contributed by atoms with van der Waals surface area (Å²) in [6, 6.07) is 12.8. The summed E-state index contributed by atoms with van der Waals surface area (Å²) in [4.78, 5) is 0.140. The van der Waals surface area contributed by atoms with Crippen molar-refractivity contribution in [2.24, 2.45) is 0 Å². The van der Waals surface area contributed by atoms with E-state index in [0.29, 0.717) is 23.6 Å². The Balaban J connectivity index is 2.21. The van der Waals surface area contributed by atoms with Crippen molar-refractivity contribution in [2.75, 3.05) is 11.3 Å². The van der Waals surface area contributed by atoms with E-state index in [-0.39, 0.29) is 11.5 Å². The van der Waals surface area contributed by atoms with Gasteiger partial charge in [0, 0.05) is 6.07 Å². The van der Waals surface area contributed by atoms with E-state index in [9.17, 15) is 8.42 Å². The molecule has 0 heterocycles. The van der Waals surface area contributed by atoms with Gasteiger partial charge < -0.3 is 9.84 Å². The van der Waals surface area contributed by atoms with Gasteiger partial charge in [0.1, 0.15) is 5.75 Å². The third kappa shape index (κ3) is 3.96. The molecule has 2 aromatic carbocycles. The number of benzene rings is 2. The van der Waals surface area contributed by atoms with Gasteiger partial charge in [0.25, 0.3) is 10.0 Å². The zero-order valence-electron chi connectivity index (χ0n) is 11.6. The highest BCUT2D eigenvalue weighted by Crippen LogP contribution is 2.21. The van der Waals surface area contributed by atoms with E-state index in [1.807, 2.05) is 6.92 Å². The molecule has 21 heavy (non-hydrogen) atoms. The molecule has 2 aromatic rings. The Morgan fingerprint density at radius 3 is 2.48 bits per heavy atom. The summed E-state index contributed by atoms with van der Waals surface area (Å²) in [5.41, 5.74) is 1.10. The molecule has 0 saturated heterocycles. The molecule has 0 spiro atoms. The number of sulfonamides is 1. The lowest BCUT2D eigenvalue weighted by atomic mass is 10.2. The Kier molecular flexibility index (Phi) is 4.82. The molecular weight excluding hydrogens is 290 g/mol. The zero-order chi connectivity index (χ0) is 15.3. The first-order chi connectivity index (χ1) is 10.0. The normalized spacial score (nSPS) is 11.1. The molecule has 0 fully saturated rings. The molecule has 0 saturated carbocycles. The maximum absolute atomic E-state index is 12.3. The number of hydrogen-bond acceptors (Lipinski definition) is 4. The van der Waals surface area contributed by atoms with Crippen LogP contribution in [-0.4, -0.2) is 20.1 Å². The number of hydrogen-bond donors (Lipinski definition) is 2. The maximum Gasteiger partial charge on any atom is 0.261 e. The summed E-state index contributed by atoms with van der Waals surface area (Å²) in [7, 11) is -3.66. The van der Waals surface area contributed by atoms with E-state index in [1.165, 1.54) is 12.1 Å². The van der Waals surface area contributed by atoms with Crippen molar-refractivity contribution < 1.29 is 18.3 Å². The van der Waals surface area contributed by atoms with Gasteiger partial charge in [-0.25, -0.2) is 8.42 Å². The summed E-state index contributed by atoms with van der Waals surface area (Å²) in [5.74, 6) is 0.605. The van der Waals surface area contributed by atoms with Gasteiger partial charge in [-0.15, -0.1) is 0 Å². The molecule has 0 bridgehead atoms. The Bertz CT molecular complexity index is 696. The molecule has 0 atom stereocenters. The minimum Gasteiger partial charge on any atom is -0.494 e. The van der Waals surface area contributed by atoms with Crippen molar-refractivity contribution in [3.63, 3.8) is 0 Å². The van der Waals surface area contributed by atoms with Crippen LogP contribution < -0.4 is 9.46 Å². The van der Waals surface area contributed by atoms with Gasteiger partial charge in [-0.1, -0.05) is 18.2 Å². The SMILES string of the molecule is CCOc1cccc(NS(=O)(=O)c2ccc(CO)cc2)c1. The summed E-state index contributed by atoms with van der Waals surface area (Å²) < 4.78 is 32.3. The van der Waals surface area contributed by atoms with Crippen LogP contribution >= 0.6 is 0 Å². The minimum atomic E-state index is -3.66. The van der Waals surface area contributed by atoms with E-state index in [4.69, 9.17) is 9.84 Å². The van der Waals surface area contributed by atoms with E-state index < -0.39 is 10.0 Å². The molecule has 0 radical (unpaired) electrons. The predicted octanol–water partition coefficient (Wildman–Crippen LogP) is 2.38. The number of nitrogens with one attached hydrogen (secondary N) is 1. The Morgan fingerprint density at radius 2 is 1.86 bits per heavy atom. The van der Waals surface area contributed by atoms with E-state index in [2.05, 4.69) is 4.72 Å². The molecule has 0 aromatic heterocycles. The van der Waals surface area contributed by atoms with Gasteiger partial charge in [0.2, 0.25) is 0 Å². The van der Waals surface area contributed by atoms with Crippen LogP contribution in [0.5, 0.6) is 5.75 Å². The van der Waals surface area contributed by atoms with Crippen molar-refractivity contribution in [3.05, 3.63) is 54.1 Å². The molecule has 0 aliphatic rings. The smallest absolute Gasteiger partial charge is 0.261 e. The first kappa shape index (κ1) is 15.3. The molecule has 0 aliphatic carbocycles. The van der Waals surface area contributed by atoms with Crippen molar-refractivity contribution in [3.8, 4) is 5.75 Å². The Labute approximate surface area is 124 Å². The second-order valence-corrected chi connectivity index (χ2v) is 6.05. The van der Waals surface area contributed by atoms with Gasteiger partial charge in [-0.2, -0.15) is 0 Å². The first-order valence-electron chi connectivity index (χ1n) is 6.50. The van der Waals surface area contributed by atoms with Gasteiger partial charge in [0.05, 0.1) is 23.8 Å². The lowest BCUT2D eigenvalue weighted by Gasteiger charge is -2.10. The van der Waals surface area contributed by atoms with E-state index in [0.717, 1.165) is 0 Å². The van der Waals surface area contributed by atoms with E-state index >= 15 is 0 Å². The molecule has 0 unspecified atom stereocenters. The van der Waals surface area contributed by atoms with Gasteiger partial charge >= 0.3 is 0 Å². The zero-order valence-corrected chi connectivity index (χ0v) is 12.4. The van der Waals surface area contributed by atoms with Crippen LogP contribution in [0, 0.1) is 0 Å². The molecule has 112 valence electrons. The number of rotatable bonds is 6. The van der Waals surface area contributed by atoms with Crippen LogP contribution in [0.3, 0.4) is 0 Å². The highest BCUT2D eigenvalue weighted by molar-refractivity contribution is 7.92. The fourth-order valence-electron chi connectivity index (χ4n) is 1.80. The minimum absolute atomic E-state index is 0.121. The predicted molar refractivity (Wildman–Crippen MR) is 80.8 cm³/mol. The quantitative estimate of drug-likeness (QED) is 0.859. The van der Waals surface area contributed by atoms with Crippen LogP contribution in [0.1, 0.15) is 12.5 Å². The Hall–Kier alpha value is -2.05. The van der Waals surface area contributed by atoms with Gasteiger partial charge in [-0.3, -0.25) is 4.72 Å². The monoisotopic (exact) mass is 307 g/mol. The summed E-state index contributed by atoms with van der Waals surface area (Å²) in [6.07, 6.45) is 0. The molecule has 2 rings (SSSR count). The number of aliphatic hydroxyl groups excluding tert-OH is 1. The van der Waals surface area contributed by atoms with Crippen molar-refractivity contribution in [1.29, 1.82) is 0 Å². The Morgan fingerprint density at radius 1 is 1.14 bits per heavy atom. The summed E-state index contributed by atoms with van der Waals surface area (Å²) >= 11 is 0. The highest BCUT2D eigenvalue weighted by Gasteiger charge is 2.14. The number of anilines is 1. The molecule has 6 heteroatoms. The average Bonchev–Trinajstić information content (AvgIpc) is 2.47. The molecule has 2 N–H and O–H groups in total. The van der Waals surface area contributed by atoms with Gasteiger partial charge in [0.15, 0.2) is 0 Å². The van der Waals surface area contributed by atoms with Gasteiger partial charge in [-0.05, 0) is 36.8 Å². The third-order valence-electron chi connectivity index (χ3n) is 2.81. The highest BCUT2D eigenvalue weighted by atomic mass is 32.2. The van der Waals surface area contributed by atoms with Crippen molar-refractivity contribution in [1.82, 2.24) is 0 Å². The number of ether oxygens (including phenoxy) is 1. The first-order valence-corrected chi connectivity index (χ1v) is 7.99. The van der Waals surface area contributed by atoms with Crippen LogP contribution in [0.15, 0.2) is 53.4 Å². The second kappa shape index (κ2) is 6.60. The van der Waals surface area contributed by atoms with Crippen LogP contribution in [0.4, 0.5) is 5.69 Å². The average molecular weight is 307 g/mol. The molecule has 0 aliphatic heterocycles. The standard InChI is InChI=1S/C15H17NO4S/c1-2-20-14-5-3-4-13(10-14)16-21(18,19)15-8-6-12(11-17)7-9-15/h3-10,16-17H,2,11H2,1H3. The summed E-state index contributed by atoms with van der Waals surface area (Å²) in [5, 5.41) is 8.97.